The van der Waals surface area contributed by atoms with Gasteiger partial charge in [0.1, 0.15) is 0 Å². The van der Waals surface area contributed by atoms with Crippen molar-refractivity contribution in [3.05, 3.63) is 54.1 Å². The Balaban J connectivity index is 1.93. The van der Waals surface area contributed by atoms with Crippen LogP contribution >= 0.6 is 0 Å². The zero-order valence-electron chi connectivity index (χ0n) is 9.34. The second-order valence-corrected chi connectivity index (χ2v) is 3.71. The van der Waals surface area contributed by atoms with Gasteiger partial charge in [-0.3, -0.25) is 0 Å². The quantitative estimate of drug-likeness (QED) is 0.794. The van der Waals surface area contributed by atoms with Crippen molar-refractivity contribution in [2.45, 2.75) is 6.42 Å². The minimum Gasteiger partial charge on any atom is -0.504 e. The molecule has 0 saturated heterocycles. The normalized spacial score (nSPS) is 10.1. The maximum atomic E-state index is 9.52. The van der Waals surface area contributed by atoms with Gasteiger partial charge in [0, 0.05) is 6.42 Å². The number of hydrogen-bond acceptors (Lipinski definition) is 3. The van der Waals surface area contributed by atoms with Crippen LogP contribution in [0.1, 0.15) is 5.56 Å². The second kappa shape index (κ2) is 5.25. The van der Waals surface area contributed by atoms with Crippen LogP contribution in [0.25, 0.3) is 0 Å². The Labute approximate surface area is 99.9 Å². The summed E-state index contributed by atoms with van der Waals surface area (Å²) in [5.41, 5.74) is 1.17. The predicted octanol–water partition coefficient (Wildman–Crippen LogP) is 2.72. The molecule has 0 unspecified atom stereocenters. The molecule has 0 aliphatic rings. The average Bonchev–Trinajstić information content (AvgIpc) is 2.36. The van der Waals surface area contributed by atoms with Crippen LogP contribution in [0.5, 0.6) is 17.2 Å². The fourth-order valence-electron chi connectivity index (χ4n) is 1.55. The van der Waals surface area contributed by atoms with Crippen molar-refractivity contribution < 1.29 is 14.9 Å². The molecule has 88 valence electrons. The first-order valence-corrected chi connectivity index (χ1v) is 5.45. The van der Waals surface area contributed by atoms with Gasteiger partial charge in [-0.1, -0.05) is 36.4 Å². The zero-order chi connectivity index (χ0) is 12.1. The Kier molecular flexibility index (Phi) is 3.50. The largest absolute Gasteiger partial charge is 0.504 e. The summed E-state index contributed by atoms with van der Waals surface area (Å²) in [7, 11) is 0. The SMILES string of the molecule is Oc1cccc(OCCc2ccccc2)c1O. The highest BCUT2D eigenvalue weighted by molar-refractivity contribution is 5.48. The van der Waals surface area contributed by atoms with E-state index in [1.54, 1.807) is 12.1 Å². The van der Waals surface area contributed by atoms with E-state index in [2.05, 4.69) is 0 Å². The number of aromatic hydroxyl groups is 2. The number of hydrogen-bond donors (Lipinski definition) is 2. The molecule has 0 aliphatic heterocycles. The third-order valence-corrected chi connectivity index (χ3v) is 2.47. The molecule has 0 saturated carbocycles. The number of benzene rings is 2. The first kappa shape index (κ1) is 11.3. The molecular formula is C14H14O3. The molecule has 0 bridgehead atoms. The second-order valence-electron chi connectivity index (χ2n) is 3.71. The summed E-state index contributed by atoms with van der Waals surface area (Å²) in [5.74, 6) is -0.0660. The third kappa shape index (κ3) is 2.91. The molecule has 2 aromatic rings. The van der Waals surface area contributed by atoms with E-state index in [1.807, 2.05) is 30.3 Å². The number of para-hydroxylation sites is 1. The van der Waals surface area contributed by atoms with Crippen LogP contribution in [0.15, 0.2) is 48.5 Å². The molecule has 2 aromatic carbocycles. The van der Waals surface area contributed by atoms with E-state index in [9.17, 15) is 10.2 Å². The molecule has 0 aliphatic carbocycles. The lowest BCUT2D eigenvalue weighted by Crippen LogP contribution is -2.01. The smallest absolute Gasteiger partial charge is 0.200 e. The lowest BCUT2D eigenvalue weighted by molar-refractivity contribution is 0.296. The van der Waals surface area contributed by atoms with Crippen LogP contribution in [-0.2, 0) is 6.42 Å². The minimum atomic E-state index is -0.208. The summed E-state index contributed by atoms with van der Waals surface area (Å²) < 4.78 is 5.41. The predicted molar refractivity (Wildman–Crippen MR) is 65.4 cm³/mol. The number of rotatable bonds is 4. The van der Waals surface area contributed by atoms with Crippen molar-refractivity contribution in [1.29, 1.82) is 0 Å². The van der Waals surface area contributed by atoms with Gasteiger partial charge in [-0.15, -0.1) is 0 Å². The van der Waals surface area contributed by atoms with Gasteiger partial charge in [-0.05, 0) is 17.7 Å². The molecule has 2 rings (SSSR count). The van der Waals surface area contributed by atoms with E-state index in [0.29, 0.717) is 12.4 Å². The average molecular weight is 230 g/mol. The molecule has 3 heteroatoms. The van der Waals surface area contributed by atoms with Gasteiger partial charge in [0.2, 0.25) is 5.75 Å². The van der Waals surface area contributed by atoms with Crippen LogP contribution in [-0.4, -0.2) is 16.8 Å². The van der Waals surface area contributed by atoms with Crippen LogP contribution in [0, 0.1) is 0 Å². The molecule has 0 fully saturated rings. The number of phenols is 2. The summed E-state index contributed by atoms with van der Waals surface area (Å²) >= 11 is 0. The standard InChI is InChI=1S/C14H14O3/c15-12-7-4-8-13(14(12)16)17-10-9-11-5-2-1-3-6-11/h1-8,15-16H,9-10H2. The Morgan fingerprint density at radius 1 is 0.882 bits per heavy atom. The fraction of sp³-hybridized carbons (Fsp3) is 0.143. The highest BCUT2D eigenvalue weighted by Crippen LogP contribution is 2.34. The number of phenolic OH excluding ortho intramolecular Hbond substituents is 2. The van der Waals surface area contributed by atoms with Crippen molar-refractivity contribution in [2.24, 2.45) is 0 Å². The maximum absolute atomic E-state index is 9.52. The van der Waals surface area contributed by atoms with Crippen molar-refractivity contribution in [1.82, 2.24) is 0 Å². The monoisotopic (exact) mass is 230 g/mol. The molecular weight excluding hydrogens is 216 g/mol. The Bertz CT molecular complexity index is 480. The minimum absolute atomic E-state index is 0.165. The highest BCUT2D eigenvalue weighted by atomic mass is 16.5. The van der Waals surface area contributed by atoms with E-state index < -0.39 is 0 Å². The van der Waals surface area contributed by atoms with E-state index in [0.717, 1.165) is 6.42 Å². The molecule has 17 heavy (non-hydrogen) atoms. The molecule has 0 aromatic heterocycles. The first-order chi connectivity index (χ1) is 8.27. The van der Waals surface area contributed by atoms with E-state index in [4.69, 9.17) is 4.74 Å². The summed E-state index contributed by atoms with van der Waals surface area (Å²) in [6.45, 7) is 0.459. The summed E-state index contributed by atoms with van der Waals surface area (Å²) in [4.78, 5) is 0. The van der Waals surface area contributed by atoms with Crippen LogP contribution in [0.2, 0.25) is 0 Å². The Hall–Kier alpha value is -2.16. The summed E-state index contributed by atoms with van der Waals surface area (Å²) in [5, 5.41) is 18.8. The van der Waals surface area contributed by atoms with Crippen molar-refractivity contribution in [3.63, 3.8) is 0 Å². The molecule has 2 N–H and O–H groups in total. The molecule has 3 nitrogen and oxygen atoms in total. The van der Waals surface area contributed by atoms with Gasteiger partial charge in [0.15, 0.2) is 11.5 Å². The van der Waals surface area contributed by atoms with Gasteiger partial charge in [-0.25, -0.2) is 0 Å². The molecule has 0 atom stereocenters. The lowest BCUT2D eigenvalue weighted by atomic mass is 10.2. The lowest BCUT2D eigenvalue weighted by Gasteiger charge is -2.08. The Morgan fingerprint density at radius 3 is 2.41 bits per heavy atom. The fourth-order valence-corrected chi connectivity index (χ4v) is 1.55. The van der Waals surface area contributed by atoms with Crippen LogP contribution in [0.4, 0.5) is 0 Å². The molecule has 0 radical (unpaired) electrons. The Morgan fingerprint density at radius 2 is 1.65 bits per heavy atom. The topological polar surface area (TPSA) is 49.7 Å². The van der Waals surface area contributed by atoms with Gasteiger partial charge >= 0.3 is 0 Å². The zero-order valence-corrected chi connectivity index (χ0v) is 9.34. The van der Waals surface area contributed by atoms with Gasteiger partial charge < -0.3 is 14.9 Å². The van der Waals surface area contributed by atoms with E-state index in [1.165, 1.54) is 11.6 Å². The molecule has 0 amide bonds. The highest BCUT2D eigenvalue weighted by Gasteiger charge is 2.06. The van der Waals surface area contributed by atoms with Gasteiger partial charge in [0.05, 0.1) is 6.61 Å². The summed E-state index contributed by atoms with van der Waals surface area (Å²) in [6.07, 6.45) is 0.760. The van der Waals surface area contributed by atoms with Crippen LogP contribution < -0.4 is 4.74 Å². The van der Waals surface area contributed by atoms with Crippen molar-refractivity contribution in [3.8, 4) is 17.2 Å². The van der Waals surface area contributed by atoms with Gasteiger partial charge in [0.25, 0.3) is 0 Å². The maximum Gasteiger partial charge on any atom is 0.200 e. The summed E-state index contributed by atoms with van der Waals surface area (Å²) in [6, 6.07) is 14.6. The molecule has 0 heterocycles. The van der Waals surface area contributed by atoms with Crippen LogP contribution in [0.3, 0.4) is 0 Å². The van der Waals surface area contributed by atoms with Gasteiger partial charge in [-0.2, -0.15) is 0 Å². The van der Waals surface area contributed by atoms with Crippen molar-refractivity contribution in [2.75, 3.05) is 6.61 Å². The molecule has 0 spiro atoms. The van der Waals surface area contributed by atoms with E-state index >= 15 is 0 Å². The van der Waals surface area contributed by atoms with Crippen molar-refractivity contribution >= 4 is 0 Å². The first-order valence-electron chi connectivity index (χ1n) is 5.45. The number of ether oxygens (including phenoxy) is 1. The third-order valence-electron chi connectivity index (χ3n) is 2.47. The van der Waals surface area contributed by atoms with E-state index in [-0.39, 0.29) is 11.5 Å².